The Morgan fingerprint density at radius 3 is 2.67 bits per heavy atom. The van der Waals surface area contributed by atoms with E-state index in [-0.39, 0.29) is 34.6 Å². The van der Waals surface area contributed by atoms with Crippen molar-refractivity contribution < 1.29 is 17.9 Å². The molecule has 0 saturated heterocycles. The van der Waals surface area contributed by atoms with Crippen LogP contribution >= 0.6 is 23.7 Å². The highest BCUT2D eigenvalue weighted by atomic mass is 35.5. The molecule has 120 valence electrons. The van der Waals surface area contributed by atoms with Gasteiger partial charge in [0.05, 0.1) is 7.11 Å². The fourth-order valence-corrected chi connectivity index (χ4v) is 4.94. The van der Waals surface area contributed by atoms with Crippen LogP contribution < -0.4 is 10.5 Å². The van der Waals surface area contributed by atoms with E-state index in [0.717, 1.165) is 24.2 Å². The molecule has 0 radical (unpaired) electrons. The van der Waals surface area contributed by atoms with Gasteiger partial charge in [-0.05, 0) is 37.1 Å². The summed E-state index contributed by atoms with van der Waals surface area (Å²) >= 11 is 1.04. The van der Waals surface area contributed by atoms with Crippen molar-refractivity contribution in [2.24, 2.45) is 11.7 Å². The van der Waals surface area contributed by atoms with Crippen LogP contribution in [0.3, 0.4) is 0 Å². The van der Waals surface area contributed by atoms with Crippen molar-refractivity contribution >= 4 is 39.7 Å². The number of carbonyl (C=O) groups excluding carboxylic acids is 1. The van der Waals surface area contributed by atoms with Crippen LogP contribution in [0.2, 0.25) is 0 Å². The molecule has 1 fully saturated rings. The summed E-state index contributed by atoms with van der Waals surface area (Å²) < 4.78 is 32.2. The van der Waals surface area contributed by atoms with Crippen molar-refractivity contribution in [3.63, 3.8) is 0 Å². The maximum absolute atomic E-state index is 12.5. The predicted octanol–water partition coefficient (Wildman–Crippen LogP) is 1.36. The van der Waals surface area contributed by atoms with Gasteiger partial charge in [0.15, 0.2) is 0 Å². The Bertz CT molecular complexity index is 613. The number of sulfonamides is 1. The number of nitrogens with two attached hydrogens (primary N) is 1. The second-order valence-electron chi connectivity index (χ2n) is 5.11. The van der Waals surface area contributed by atoms with Gasteiger partial charge in [0.1, 0.15) is 9.77 Å². The van der Waals surface area contributed by atoms with Crippen molar-refractivity contribution in [3.8, 4) is 0 Å². The smallest absolute Gasteiger partial charge is 0.349 e. The highest BCUT2D eigenvalue weighted by molar-refractivity contribution is 7.89. The van der Waals surface area contributed by atoms with Crippen LogP contribution in [0.4, 0.5) is 0 Å². The van der Waals surface area contributed by atoms with E-state index in [2.05, 4.69) is 9.46 Å². The minimum absolute atomic E-state index is 0. The predicted molar refractivity (Wildman–Crippen MR) is 83.4 cm³/mol. The summed E-state index contributed by atoms with van der Waals surface area (Å²) in [6, 6.07) is 1.41. The Morgan fingerprint density at radius 1 is 1.57 bits per heavy atom. The second-order valence-corrected chi connectivity index (χ2v) is 7.67. The summed E-state index contributed by atoms with van der Waals surface area (Å²) in [4.78, 5) is 11.6. The van der Waals surface area contributed by atoms with Crippen LogP contribution in [0.1, 0.15) is 29.4 Å². The Hall–Kier alpha value is -0.670. The van der Waals surface area contributed by atoms with Crippen LogP contribution in [0, 0.1) is 5.92 Å². The number of rotatable bonds is 6. The van der Waals surface area contributed by atoms with Crippen molar-refractivity contribution in [1.82, 2.24) is 4.72 Å². The van der Waals surface area contributed by atoms with E-state index in [1.807, 2.05) is 0 Å². The number of methoxy groups -OCH3 is 1. The van der Waals surface area contributed by atoms with Gasteiger partial charge in [-0.25, -0.2) is 17.9 Å². The van der Waals surface area contributed by atoms with E-state index in [9.17, 15) is 13.2 Å². The van der Waals surface area contributed by atoms with Crippen LogP contribution in [0.5, 0.6) is 0 Å². The lowest BCUT2D eigenvalue weighted by Gasteiger charge is -2.29. The number of esters is 1. The zero-order valence-corrected chi connectivity index (χ0v) is 14.2. The monoisotopic (exact) mass is 354 g/mol. The quantitative estimate of drug-likeness (QED) is 0.751. The third kappa shape index (κ3) is 3.75. The maximum atomic E-state index is 12.5. The fourth-order valence-electron chi connectivity index (χ4n) is 2.12. The molecule has 0 amide bonds. The first kappa shape index (κ1) is 18.4. The molecule has 0 aliphatic heterocycles. The molecule has 21 heavy (non-hydrogen) atoms. The third-order valence-corrected chi connectivity index (χ3v) is 6.24. The molecule has 3 N–H and O–H groups in total. The second kappa shape index (κ2) is 6.62. The molecule has 1 atom stereocenters. The molecule has 1 saturated carbocycles. The molecule has 2 rings (SSSR count). The molecule has 1 aliphatic carbocycles. The Morgan fingerprint density at radius 2 is 2.19 bits per heavy atom. The summed E-state index contributed by atoms with van der Waals surface area (Å²) in [7, 11) is -2.58. The van der Waals surface area contributed by atoms with E-state index in [4.69, 9.17) is 5.73 Å². The molecule has 1 aromatic rings. The van der Waals surface area contributed by atoms with Crippen LogP contribution in [0.15, 0.2) is 16.3 Å². The average molecular weight is 355 g/mol. The van der Waals surface area contributed by atoms with E-state index in [0.29, 0.717) is 0 Å². The van der Waals surface area contributed by atoms with E-state index in [1.165, 1.54) is 13.2 Å². The van der Waals surface area contributed by atoms with E-state index < -0.39 is 21.5 Å². The largest absolute Gasteiger partial charge is 0.465 e. The van der Waals surface area contributed by atoms with Gasteiger partial charge in [0.2, 0.25) is 10.0 Å². The number of hydrogen-bond acceptors (Lipinski definition) is 6. The molecule has 0 bridgehead atoms. The van der Waals surface area contributed by atoms with Gasteiger partial charge >= 0.3 is 5.97 Å². The summed E-state index contributed by atoms with van der Waals surface area (Å²) in [5.74, 6) is -0.399. The van der Waals surface area contributed by atoms with Crippen LogP contribution in [-0.4, -0.2) is 33.6 Å². The molecule has 1 unspecified atom stereocenters. The van der Waals surface area contributed by atoms with Gasteiger partial charge in [-0.3, -0.25) is 0 Å². The number of hydrogen-bond donors (Lipinski definition) is 2. The Labute approximate surface area is 134 Å². The van der Waals surface area contributed by atoms with Crippen molar-refractivity contribution in [2.75, 3.05) is 13.7 Å². The molecule has 1 aliphatic rings. The molecule has 9 heteroatoms. The minimum atomic E-state index is -3.80. The van der Waals surface area contributed by atoms with Gasteiger partial charge in [0.25, 0.3) is 0 Å². The van der Waals surface area contributed by atoms with E-state index >= 15 is 0 Å². The number of nitrogens with one attached hydrogen (secondary N) is 1. The SMILES string of the molecule is COC(=O)c1sccc1S(=O)(=O)NC(C)(CN)C1CC1.Cl. The number of carbonyl (C=O) groups is 1. The summed E-state index contributed by atoms with van der Waals surface area (Å²) in [6.07, 6.45) is 1.92. The molecular weight excluding hydrogens is 336 g/mol. The van der Waals surface area contributed by atoms with Gasteiger partial charge < -0.3 is 10.5 Å². The minimum Gasteiger partial charge on any atom is -0.465 e. The molecule has 1 aromatic heterocycles. The average Bonchev–Trinajstić information content (AvgIpc) is 3.14. The summed E-state index contributed by atoms with van der Waals surface area (Å²) in [6.45, 7) is 2.01. The Balaban J connectivity index is 0.00000220. The number of thiophene rings is 1. The highest BCUT2D eigenvalue weighted by Gasteiger charge is 2.44. The van der Waals surface area contributed by atoms with Gasteiger partial charge in [-0.2, -0.15) is 0 Å². The topological polar surface area (TPSA) is 98.5 Å². The normalized spacial score (nSPS) is 17.7. The standard InChI is InChI=1S/C12H18N2O4S2.ClH/c1-12(7-13,8-3-4-8)14-20(16,17)9-5-6-19-10(9)11(15)18-2;/h5-6,8,14H,3-4,7,13H2,1-2H3;1H. The lowest BCUT2D eigenvalue weighted by Crippen LogP contribution is -2.53. The van der Waals surface area contributed by atoms with Gasteiger partial charge in [-0.1, -0.05) is 0 Å². The number of ether oxygens (including phenoxy) is 1. The third-order valence-electron chi connectivity index (χ3n) is 3.56. The van der Waals surface area contributed by atoms with Crippen molar-refractivity contribution in [1.29, 1.82) is 0 Å². The lowest BCUT2D eigenvalue weighted by atomic mass is 9.98. The Kier molecular flexibility index (Phi) is 5.79. The molecular formula is C12H19ClN2O4S2. The molecule has 0 spiro atoms. The first-order chi connectivity index (χ1) is 9.34. The van der Waals surface area contributed by atoms with Crippen molar-refractivity contribution in [3.05, 3.63) is 16.3 Å². The maximum Gasteiger partial charge on any atom is 0.349 e. The molecule has 6 nitrogen and oxygen atoms in total. The zero-order valence-electron chi connectivity index (χ0n) is 11.8. The van der Waals surface area contributed by atoms with Crippen LogP contribution in [0.25, 0.3) is 0 Å². The van der Waals surface area contributed by atoms with Crippen molar-refractivity contribution in [2.45, 2.75) is 30.2 Å². The van der Waals surface area contributed by atoms with Gasteiger partial charge in [-0.15, -0.1) is 23.7 Å². The summed E-state index contributed by atoms with van der Waals surface area (Å²) in [5.41, 5.74) is 5.04. The lowest BCUT2D eigenvalue weighted by molar-refractivity contribution is 0.0602. The van der Waals surface area contributed by atoms with Gasteiger partial charge in [0, 0.05) is 12.1 Å². The zero-order chi connectivity index (χ0) is 15.0. The molecule has 1 heterocycles. The summed E-state index contributed by atoms with van der Waals surface area (Å²) in [5, 5.41) is 1.55. The molecule has 0 aromatic carbocycles. The number of halogens is 1. The fraction of sp³-hybridized carbons (Fsp3) is 0.583. The van der Waals surface area contributed by atoms with Crippen LogP contribution in [-0.2, 0) is 14.8 Å². The first-order valence-corrected chi connectivity index (χ1v) is 8.60. The highest BCUT2D eigenvalue weighted by Crippen LogP contribution is 2.40. The van der Waals surface area contributed by atoms with E-state index in [1.54, 1.807) is 12.3 Å². The first-order valence-electron chi connectivity index (χ1n) is 6.24.